The van der Waals surface area contributed by atoms with Crippen LogP contribution in [0.4, 0.5) is 0 Å². The van der Waals surface area contributed by atoms with E-state index < -0.39 is 11.4 Å². The Labute approximate surface area is 78.8 Å². The molecule has 0 bridgehead atoms. The van der Waals surface area contributed by atoms with Crippen molar-refractivity contribution >= 4 is 17.1 Å². The van der Waals surface area contributed by atoms with Crippen LogP contribution in [0.5, 0.6) is 0 Å². The van der Waals surface area contributed by atoms with Gasteiger partial charge in [-0.25, -0.2) is 0 Å². The van der Waals surface area contributed by atoms with Gasteiger partial charge in [-0.2, -0.15) is 0 Å². The highest BCUT2D eigenvalue weighted by atomic mass is 32.2. The lowest BCUT2D eigenvalue weighted by atomic mass is 10.2. The third-order valence-corrected chi connectivity index (χ3v) is 2.90. The first-order valence-electron chi connectivity index (χ1n) is 4.34. The minimum atomic E-state index is -1.08. The van der Waals surface area contributed by atoms with Crippen LogP contribution in [0.15, 0.2) is 4.40 Å². The summed E-state index contributed by atoms with van der Waals surface area (Å²) in [5.74, 6) is 0. The Bertz CT molecular complexity index is 160. The summed E-state index contributed by atoms with van der Waals surface area (Å²) in [6, 6.07) is 0. The molecule has 0 spiro atoms. The summed E-state index contributed by atoms with van der Waals surface area (Å²) < 4.78 is 15.4. The molecule has 0 N–H and O–H groups in total. The topological polar surface area (TPSA) is 35.4 Å². The average Bonchev–Trinajstić information content (AvgIpc) is 1.85. The Kier molecular flexibility index (Phi) is 4.87. The van der Waals surface area contributed by atoms with Crippen LogP contribution in [0.3, 0.4) is 0 Å². The van der Waals surface area contributed by atoms with Crippen molar-refractivity contribution in [2.24, 2.45) is 4.40 Å². The van der Waals surface area contributed by atoms with E-state index in [0.29, 0.717) is 0 Å². The highest BCUT2D eigenvalue weighted by Crippen LogP contribution is 2.17. The predicted molar refractivity (Wildman–Crippen MR) is 55.9 cm³/mol. The lowest BCUT2D eigenvalue weighted by Crippen LogP contribution is -2.26. The molecule has 0 amide bonds. The van der Waals surface area contributed by atoms with Gasteiger partial charge in [0.05, 0.1) is 5.71 Å². The maximum Gasteiger partial charge on any atom is 0.144 e. The molecule has 0 rings (SSSR count). The van der Waals surface area contributed by atoms with Crippen molar-refractivity contribution < 1.29 is 4.55 Å². The second-order valence-corrected chi connectivity index (χ2v) is 5.84. The maximum absolute atomic E-state index is 11.5. The van der Waals surface area contributed by atoms with Gasteiger partial charge in [-0.3, -0.25) is 0 Å². The standard InChI is InChI=1S/C9H19NOS/c1-6-7-8(2)10-12(11)9(3,4)5/h6-7H2,1-5H3/b10-8+. The normalized spacial score (nSPS) is 16.3. The van der Waals surface area contributed by atoms with Crippen molar-refractivity contribution in [2.75, 3.05) is 0 Å². The molecule has 0 aromatic heterocycles. The van der Waals surface area contributed by atoms with Gasteiger partial charge in [-0.05, 0) is 34.1 Å². The number of nitrogens with zero attached hydrogens (tertiary/aromatic N) is 1. The molecule has 3 heteroatoms. The molecular formula is C9H19NOS. The van der Waals surface area contributed by atoms with E-state index in [0.717, 1.165) is 18.6 Å². The second-order valence-electron chi connectivity index (χ2n) is 3.94. The summed E-state index contributed by atoms with van der Waals surface area (Å²) >= 11 is -1.08. The first-order chi connectivity index (χ1) is 5.38. The van der Waals surface area contributed by atoms with Crippen LogP contribution < -0.4 is 0 Å². The van der Waals surface area contributed by atoms with Crippen molar-refractivity contribution in [1.82, 2.24) is 0 Å². The summed E-state index contributed by atoms with van der Waals surface area (Å²) in [6.45, 7) is 9.84. The van der Waals surface area contributed by atoms with Crippen LogP contribution in [0, 0.1) is 0 Å². The lowest BCUT2D eigenvalue weighted by Gasteiger charge is -2.18. The first-order valence-corrected chi connectivity index (χ1v) is 5.44. The molecule has 0 heterocycles. The molecule has 0 aliphatic heterocycles. The van der Waals surface area contributed by atoms with E-state index in [-0.39, 0.29) is 4.75 Å². The highest BCUT2D eigenvalue weighted by molar-refractivity contribution is 7.91. The molecule has 0 aromatic carbocycles. The van der Waals surface area contributed by atoms with Crippen molar-refractivity contribution in [3.05, 3.63) is 0 Å². The van der Waals surface area contributed by atoms with Crippen LogP contribution in [-0.2, 0) is 11.4 Å². The summed E-state index contributed by atoms with van der Waals surface area (Å²) in [6.07, 6.45) is 2.01. The Morgan fingerprint density at radius 3 is 2.25 bits per heavy atom. The van der Waals surface area contributed by atoms with E-state index in [2.05, 4.69) is 11.3 Å². The zero-order valence-corrected chi connectivity index (χ0v) is 9.49. The third kappa shape index (κ3) is 4.78. The van der Waals surface area contributed by atoms with Gasteiger partial charge in [-0.1, -0.05) is 17.7 Å². The van der Waals surface area contributed by atoms with Gasteiger partial charge in [0.1, 0.15) is 16.1 Å². The monoisotopic (exact) mass is 189 g/mol. The van der Waals surface area contributed by atoms with Crippen LogP contribution in [-0.4, -0.2) is 15.0 Å². The molecule has 0 fully saturated rings. The zero-order valence-electron chi connectivity index (χ0n) is 8.68. The van der Waals surface area contributed by atoms with E-state index >= 15 is 0 Å². The molecule has 0 aromatic rings. The molecule has 0 saturated carbocycles. The Hall–Kier alpha value is -0.0200. The molecule has 0 aliphatic carbocycles. The maximum atomic E-state index is 11.5. The smallest absolute Gasteiger partial charge is 0.144 e. The molecule has 72 valence electrons. The Morgan fingerprint density at radius 2 is 1.92 bits per heavy atom. The highest BCUT2D eigenvalue weighted by Gasteiger charge is 2.26. The van der Waals surface area contributed by atoms with Crippen LogP contribution >= 0.6 is 0 Å². The van der Waals surface area contributed by atoms with Gasteiger partial charge in [0, 0.05) is 0 Å². The zero-order chi connectivity index (χ0) is 9.78. The van der Waals surface area contributed by atoms with Gasteiger partial charge >= 0.3 is 0 Å². The van der Waals surface area contributed by atoms with Crippen LogP contribution in [0.25, 0.3) is 0 Å². The van der Waals surface area contributed by atoms with Crippen molar-refractivity contribution in [2.45, 2.75) is 52.2 Å². The predicted octanol–water partition coefficient (Wildman–Crippen LogP) is 2.71. The third-order valence-electron chi connectivity index (χ3n) is 1.37. The first kappa shape index (κ1) is 12.0. The molecule has 0 saturated heterocycles. The number of hydrogen-bond acceptors (Lipinski definition) is 2. The molecule has 0 aliphatic rings. The average molecular weight is 189 g/mol. The number of hydrogen-bond donors (Lipinski definition) is 0. The number of rotatable bonds is 3. The summed E-state index contributed by atoms with van der Waals surface area (Å²) in [4.78, 5) is 0. The minimum absolute atomic E-state index is 0.227. The molecular weight excluding hydrogens is 170 g/mol. The van der Waals surface area contributed by atoms with Gasteiger partial charge in [0.2, 0.25) is 0 Å². The van der Waals surface area contributed by atoms with E-state index in [4.69, 9.17) is 0 Å². The summed E-state index contributed by atoms with van der Waals surface area (Å²) in [5, 5.41) is 0. The second kappa shape index (κ2) is 4.87. The molecule has 12 heavy (non-hydrogen) atoms. The van der Waals surface area contributed by atoms with Crippen molar-refractivity contribution in [3.63, 3.8) is 0 Å². The summed E-state index contributed by atoms with van der Waals surface area (Å²) in [5.41, 5.74) is 0.991. The fraction of sp³-hybridized carbons (Fsp3) is 0.889. The van der Waals surface area contributed by atoms with E-state index in [9.17, 15) is 4.55 Å². The van der Waals surface area contributed by atoms with Crippen LogP contribution in [0.1, 0.15) is 47.5 Å². The van der Waals surface area contributed by atoms with Gasteiger partial charge in [0.25, 0.3) is 0 Å². The molecule has 2 nitrogen and oxygen atoms in total. The minimum Gasteiger partial charge on any atom is -0.591 e. The fourth-order valence-corrected chi connectivity index (χ4v) is 1.33. The van der Waals surface area contributed by atoms with Crippen molar-refractivity contribution in [1.29, 1.82) is 0 Å². The van der Waals surface area contributed by atoms with E-state index in [1.807, 2.05) is 27.7 Å². The molecule has 1 atom stereocenters. The Balaban J connectivity index is 4.14. The van der Waals surface area contributed by atoms with E-state index in [1.54, 1.807) is 0 Å². The quantitative estimate of drug-likeness (QED) is 0.496. The van der Waals surface area contributed by atoms with Crippen molar-refractivity contribution in [3.8, 4) is 0 Å². The van der Waals surface area contributed by atoms with Gasteiger partial charge in [0.15, 0.2) is 0 Å². The van der Waals surface area contributed by atoms with Gasteiger partial charge < -0.3 is 4.55 Å². The largest absolute Gasteiger partial charge is 0.591 e. The van der Waals surface area contributed by atoms with Gasteiger partial charge in [-0.15, -0.1) is 0 Å². The Morgan fingerprint density at radius 1 is 1.42 bits per heavy atom. The van der Waals surface area contributed by atoms with Crippen LogP contribution in [0.2, 0.25) is 0 Å². The molecule has 0 radical (unpaired) electrons. The lowest BCUT2D eigenvalue weighted by molar-refractivity contribution is 0.561. The molecule has 1 unspecified atom stereocenters. The van der Waals surface area contributed by atoms with E-state index in [1.165, 1.54) is 0 Å². The summed E-state index contributed by atoms with van der Waals surface area (Å²) in [7, 11) is 0. The SMILES string of the molecule is CCC/C(C)=N/[S+]([O-])C(C)(C)C. The fourth-order valence-electron chi connectivity index (χ4n) is 0.686.